The van der Waals surface area contributed by atoms with E-state index < -0.39 is 18.1 Å². The third-order valence-electron chi connectivity index (χ3n) is 4.70. The number of aryl methyl sites for hydroxylation is 1. The second-order valence-electron chi connectivity index (χ2n) is 7.59. The highest BCUT2D eigenvalue weighted by atomic mass is 32.2. The van der Waals surface area contributed by atoms with Gasteiger partial charge in [0.05, 0.1) is 13.0 Å². The summed E-state index contributed by atoms with van der Waals surface area (Å²) < 4.78 is 27.7. The van der Waals surface area contributed by atoms with E-state index in [1.165, 1.54) is 16.3 Å². The van der Waals surface area contributed by atoms with Gasteiger partial charge in [0.2, 0.25) is 10.0 Å². The molecule has 1 aliphatic heterocycles. The van der Waals surface area contributed by atoms with Crippen LogP contribution < -0.4 is 5.19 Å². The number of hydrogen-bond donors (Lipinski definition) is 0. The van der Waals surface area contributed by atoms with Crippen LogP contribution in [0, 0.1) is 6.92 Å². The van der Waals surface area contributed by atoms with Crippen molar-refractivity contribution >= 4 is 23.3 Å². The van der Waals surface area contributed by atoms with Crippen LogP contribution in [0.4, 0.5) is 0 Å². The summed E-state index contributed by atoms with van der Waals surface area (Å²) >= 11 is 0. The molecule has 0 saturated heterocycles. The maximum absolute atomic E-state index is 13.0. The molecule has 1 aliphatic rings. The quantitative estimate of drug-likeness (QED) is 0.789. The molecule has 0 amide bonds. The Morgan fingerprint density at radius 2 is 1.67 bits per heavy atom. The molecule has 3 rings (SSSR count). The molecule has 0 saturated carbocycles. The second-order valence-corrected chi connectivity index (χ2v) is 14.6. The molecule has 0 radical (unpaired) electrons. The molecule has 0 aliphatic carbocycles. The first-order chi connectivity index (χ1) is 11.2. The standard InChI is InChI=1S/C19H25NO2SSi/c1-15-8-10-17(11-9-15)23(21,22)20-13-12-16-6-5-7-19(18(16)14-20)24(2,3)4/h5-11H,12-14H2,1-4H3. The van der Waals surface area contributed by atoms with Gasteiger partial charge in [-0.25, -0.2) is 8.42 Å². The molecule has 128 valence electrons. The first-order valence-corrected chi connectivity index (χ1v) is 13.3. The summed E-state index contributed by atoms with van der Waals surface area (Å²) in [4.78, 5) is 0.391. The van der Waals surface area contributed by atoms with Crippen molar-refractivity contribution in [3.8, 4) is 0 Å². The number of rotatable bonds is 3. The molecular weight excluding hydrogens is 334 g/mol. The smallest absolute Gasteiger partial charge is 0.207 e. The summed E-state index contributed by atoms with van der Waals surface area (Å²) in [5.74, 6) is 0. The maximum atomic E-state index is 13.0. The summed E-state index contributed by atoms with van der Waals surface area (Å²) in [5, 5.41) is 1.38. The van der Waals surface area contributed by atoms with Gasteiger partial charge < -0.3 is 0 Å². The van der Waals surface area contributed by atoms with E-state index in [9.17, 15) is 8.42 Å². The highest BCUT2D eigenvalue weighted by molar-refractivity contribution is 7.89. The van der Waals surface area contributed by atoms with Gasteiger partial charge in [0.1, 0.15) is 0 Å². The largest absolute Gasteiger partial charge is 0.243 e. The highest BCUT2D eigenvalue weighted by Gasteiger charge is 2.31. The van der Waals surface area contributed by atoms with Crippen LogP contribution in [0.1, 0.15) is 16.7 Å². The van der Waals surface area contributed by atoms with Crippen molar-refractivity contribution in [3.05, 3.63) is 59.2 Å². The average molecular weight is 360 g/mol. The Kier molecular flexibility index (Phi) is 4.44. The average Bonchev–Trinajstić information content (AvgIpc) is 2.53. The minimum atomic E-state index is -3.43. The minimum Gasteiger partial charge on any atom is -0.207 e. The molecule has 5 heteroatoms. The predicted molar refractivity (Wildman–Crippen MR) is 102 cm³/mol. The van der Waals surface area contributed by atoms with Crippen LogP contribution >= 0.6 is 0 Å². The Bertz CT molecular complexity index is 852. The molecule has 0 spiro atoms. The molecule has 24 heavy (non-hydrogen) atoms. The lowest BCUT2D eigenvalue weighted by atomic mass is 10.0. The molecule has 0 N–H and O–H groups in total. The van der Waals surface area contributed by atoms with Gasteiger partial charge in [0, 0.05) is 13.1 Å². The normalized spacial score (nSPS) is 16.0. The topological polar surface area (TPSA) is 37.4 Å². The molecule has 1 heterocycles. The summed E-state index contributed by atoms with van der Waals surface area (Å²) in [6.07, 6.45) is 0.790. The summed E-state index contributed by atoms with van der Waals surface area (Å²) in [6.45, 7) is 9.96. The van der Waals surface area contributed by atoms with Crippen LogP contribution in [0.3, 0.4) is 0 Å². The van der Waals surface area contributed by atoms with Crippen molar-refractivity contribution in [1.29, 1.82) is 0 Å². The lowest BCUT2D eigenvalue weighted by molar-refractivity contribution is 0.392. The fraction of sp³-hybridized carbons (Fsp3) is 0.368. The van der Waals surface area contributed by atoms with Gasteiger partial charge in [0.25, 0.3) is 0 Å². The molecule has 2 aromatic carbocycles. The highest BCUT2D eigenvalue weighted by Crippen LogP contribution is 2.25. The second kappa shape index (κ2) is 6.13. The molecule has 0 unspecified atom stereocenters. The van der Waals surface area contributed by atoms with E-state index in [2.05, 4.69) is 37.8 Å². The van der Waals surface area contributed by atoms with Crippen molar-refractivity contribution < 1.29 is 8.42 Å². The summed E-state index contributed by atoms with van der Waals surface area (Å²) in [7, 11) is -4.94. The van der Waals surface area contributed by atoms with Crippen molar-refractivity contribution in [3.63, 3.8) is 0 Å². The van der Waals surface area contributed by atoms with Crippen LogP contribution in [0.15, 0.2) is 47.4 Å². The zero-order valence-electron chi connectivity index (χ0n) is 14.8. The summed E-state index contributed by atoms with van der Waals surface area (Å²) in [5.41, 5.74) is 3.61. The molecule has 2 aromatic rings. The van der Waals surface area contributed by atoms with E-state index in [1.54, 1.807) is 16.4 Å². The number of hydrogen-bond acceptors (Lipinski definition) is 2. The van der Waals surface area contributed by atoms with Gasteiger partial charge in [-0.2, -0.15) is 4.31 Å². The molecule has 0 bridgehead atoms. The first-order valence-electron chi connectivity index (χ1n) is 8.37. The van der Waals surface area contributed by atoms with Gasteiger partial charge in [0.15, 0.2) is 0 Å². The SMILES string of the molecule is Cc1ccc(S(=O)(=O)N2CCc3cccc([Si](C)(C)C)c3C2)cc1. The van der Waals surface area contributed by atoms with Crippen molar-refractivity contribution in [2.75, 3.05) is 6.54 Å². The van der Waals surface area contributed by atoms with E-state index >= 15 is 0 Å². The Hall–Kier alpha value is -1.43. The lowest BCUT2D eigenvalue weighted by Crippen LogP contribution is -2.45. The monoisotopic (exact) mass is 359 g/mol. The third-order valence-corrected chi connectivity index (χ3v) is 8.65. The molecule has 3 nitrogen and oxygen atoms in total. The van der Waals surface area contributed by atoms with Crippen LogP contribution in [-0.2, 0) is 23.0 Å². The zero-order chi connectivity index (χ0) is 17.5. The Labute approximate surface area is 146 Å². The Morgan fingerprint density at radius 1 is 1.00 bits per heavy atom. The number of nitrogens with zero attached hydrogens (tertiary/aromatic N) is 1. The third kappa shape index (κ3) is 3.21. The molecule has 0 fully saturated rings. The summed E-state index contributed by atoms with van der Waals surface area (Å²) in [6, 6.07) is 13.6. The fourth-order valence-corrected chi connectivity index (χ4v) is 6.47. The van der Waals surface area contributed by atoms with Crippen molar-refractivity contribution in [1.82, 2.24) is 4.31 Å². The fourth-order valence-electron chi connectivity index (χ4n) is 3.32. The Balaban J connectivity index is 1.99. The van der Waals surface area contributed by atoms with Crippen LogP contribution in [0.2, 0.25) is 19.6 Å². The van der Waals surface area contributed by atoms with Gasteiger partial charge in [-0.05, 0) is 36.6 Å². The lowest BCUT2D eigenvalue weighted by Gasteiger charge is -2.32. The minimum absolute atomic E-state index is 0.391. The zero-order valence-corrected chi connectivity index (χ0v) is 16.7. The number of fused-ring (bicyclic) bond motifs is 1. The maximum Gasteiger partial charge on any atom is 0.243 e. The molecular formula is C19H25NO2SSi. The van der Waals surface area contributed by atoms with Crippen LogP contribution in [-0.4, -0.2) is 27.3 Å². The first kappa shape index (κ1) is 17.4. The van der Waals surface area contributed by atoms with E-state index in [0.717, 1.165) is 12.0 Å². The van der Waals surface area contributed by atoms with E-state index in [0.29, 0.717) is 18.0 Å². The predicted octanol–water partition coefficient (Wildman–Crippen LogP) is 3.29. The molecule has 0 aromatic heterocycles. The van der Waals surface area contributed by atoms with Gasteiger partial charge in [-0.3, -0.25) is 0 Å². The number of sulfonamides is 1. The van der Waals surface area contributed by atoms with Gasteiger partial charge in [-0.1, -0.05) is 60.7 Å². The van der Waals surface area contributed by atoms with Gasteiger partial charge in [-0.15, -0.1) is 0 Å². The van der Waals surface area contributed by atoms with E-state index in [4.69, 9.17) is 0 Å². The van der Waals surface area contributed by atoms with Crippen LogP contribution in [0.25, 0.3) is 0 Å². The van der Waals surface area contributed by atoms with E-state index in [-0.39, 0.29) is 0 Å². The van der Waals surface area contributed by atoms with Crippen molar-refractivity contribution in [2.45, 2.75) is 44.4 Å². The molecule has 0 atom stereocenters. The van der Waals surface area contributed by atoms with Gasteiger partial charge >= 0.3 is 0 Å². The van der Waals surface area contributed by atoms with Crippen molar-refractivity contribution in [2.24, 2.45) is 0 Å². The number of benzene rings is 2. The van der Waals surface area contributed by atoms with E-state index in [1.807, 2.05) is 19.1 Å². The van der Waals surface area contributed by atoms with Crippen LogP contribution in [0.5, 0.6) is 0 Å². The Morgan fingerprint density at radius 3 is 2.29 bits per heavy atom.